The Kier molecular flexibility index (Phi) is 6.28. The van der Waals surface area contributed by atoms with Crippen LogP contribution < -0.4 is 0 Å². The van der Waals surface area contributed by atoms with Gasteiger partial charge in [-0.25, -0.2) is 0 Å². The largest absolute Gasteiger partial charge is 0.465 e. The average molecular weight is 174 g/mol. The molecule has 0 amide bonds. The molecular formula is C8H14O4. The molecule has 4 heteroatoms. The number of Topliss-reactive ketones (excluding diaryl/α,β-unsaturated/α-hetero) is 1. The first-order chi connectivity index (χ1) is 5.66. The number of hydrogen-bond acceptors (Lipinski definition) is 4. The lowest BCUT2D eigenvalue weighted by Gasteiger charge is -2.01. The fourth-order valence-corrected chi connectivity index (χ4v) is 0.644. The highest BCUT2D eigenvalue weighted by Crippen LogP contribution is 1.90. The van der Waals surface area contributed by atoms with Crippen LogP contribution in [0.15, 0.2) is 0 Å². The van der Waals surface area contributed by atoms with Crippen molar-refractivity contribution >= 4 is 11.8 Å². The van der Waals surface area contributed by atoms with Gasteiger partial charge in [0.25, 0.3) is 0 Å². The second kappa shape index (κ2) is 6.79. The summed E-state index contributed by atoms with van der Waals surface area (Å²) in [6, 6.07) is 0. The van der Waals surface area contributed by atoms with Crippen molar-refractivity contribution in [3.8, 4) is 0 Å². The van der Waals surface area contributed by atoms with Crippen molar-refractivity contribution in [1.82, 2.24) is 0 Å². The summed E-state index contributed by atoms with van der Waals surface area (Å²) in [7, 11) is 1.58. The van der Waals surface area contributed by atoms with E-state index in [2.05, 4.69) is 0 Å². The van der Waals surface area contributed by atoms with Gasteiger partial charge in [0.1, 0.15) is 12.2 Å². The third-order valence-electron chi connectivity index (χ3n) is 1.15. The monoisotopic (exact) mass is 174 g/mol. The Morgan fingerprint density at radius 1 is 1.25 bits per heavy atom. The Labute approximate surface area is 71.8 Å². The predicted molar refractivity (Wildman–Crippen MR) is 42.8 cm³/mol. The lowest BCUT2D eigenvalue weighted by atomic mass is 10.3. The quantitative estimate of drug-likeness (QED) is 0.335. The maximum atomic E-state index is 10.7. The van der Waals surface area contributed by atoms with Gasteiger partial charge in [-0.3, -0.25) is 9.59 Å². The molecule has 4 nitrogen and oxygen atoms in total. The molecule has 0 aliphatic rings. The van der Waals surface area contributed by atoms with Crippen molar-refractivity contribution < 1.29 is 19.1 Å². The van der Waals surface area contributed by atoms with Crippen LogP contribution in [0.3, 0.4) is 0 Å². The summed E-state index contributed by atoms with van der Waals surface area (Å²) in [5.41, 5.74) is 0. The zero-order chi connectivity index (χ0) is 9.40. The van der Waals surface area contributed by atoms with Crippen molar-refractivity contribution in [3.05, 3.63) is 0 Å². The molecule has 0 N–H and O–H groups in total. The molecule has 0 spiro atoms. The number of rotatable bonds is 6. The van der Waals surface area contributed by atoms with Gasteiger partial charge < -0.3 is 9.47 Å². The molecule has 0 saturated carbocycles. The minimum absolute atomic E-state index is 0.132. The molecule has 0 radical (unpaired) electrons. The Morgan fingerprint density at radius 3 is 2.42 bits per heavy atom. The SMILES string of the molecule is COCCCOC(=O)CC(C)=O. The third-order valence-corrected chi connectivity index (χ3v) is 1.15. The van der Waals surface area contributed by atoms with Crippen LogP contribution in [0, 0.1) is 0 Å². The van der Waals surface area contributed by atoms with Crippen LogP contribution in [0.5, 0.6) is 0 Å². The summed E-state index contributed by atoms with van der Waals surface area (Å²) in [4.78, 5) is 21.2. The summed E-state index contributed by atoms with van der Waals surface area (Å²) < 4.78 is 9.46. The fourth-order valence-electron chi connectivity index (χ4n) is 0.644. The summed E-state index contributed by atoms with van der Waals surface area (Å²) in [5.74, 6) is -0.634. The van der Waals surface area contributed by atoms with Crippen molar-refractivity contribution in [1.29, 1.82) is 0 Å². The molecule has 0 bridgehead atoms. The van der Waals surface area contributed by atoms with E-state index in [0.717, 1.165) is 0 Å². The molecule has 0 unspecified atom stereocenters. The van der Waals surface area contributed by atoms with E-state index in [1.54, 1.807) is 7.11 Å². The molecule has 0 aromatic carbocycles. The highest BCUT2D eigenvalue weighted by atomic mass is 16.5. The molecule has 0 aliphatic heterocycles. The van der Waals surface area contributed by atoms with E-state index in [1.807, 2.05) is 0 Å². The third kappa shape index (κ3) is 7.21. The predicted octanol–water partition coefficient (Wildman–Crippen LogP) is 0.545. The van der Waals surface area contributed by atoms with Crippen LogP contribution >= 0.6 is 0 Å². The van der Waals surface area contributed by atoms with Crippen LogP contribution in [0.25, 0.3) is 0 Å². The molecule has 0 aliphatic carbocycles. The molecule has 12 heavy (non-hydrogen) atoms. The van der Waals surface area contributed by atoms with Gasteiger partial charge in [-0.2, -0.15) is 0 Å². The minimum Gasteiger partial charge on any atom is -0.465 e. The van der Waals surface area contributed by atoms with Crippen molar-refractivity contribution in [3.63, 3.8) is 0 Å². The Morgan fingerprint density at radius 2 is 1.92 bits per heavy atom. The summed E-state index contributed by atoms with van der Waals surface area (Å²) in [6.45, 7) is 2.24. The first-order valence-electron chi connectivity index (χ1n) is 3.81. The number of carbonyl (C=O) groups is 2. The molecule has 0 atom stereocenters. The highest BCUT2D eigenvalue weighted by Gasteiger charge is 2.04. The minimum atomic E-state index is -0.460. The second-order valence-electron chi connectivity index (χ2n) is 2.45. The van der Waals surface area contributed by atoms with Crippen molar-refractivity contribution in [2.45, 2.75) is 19.8 Å². The van der Waals surface area contributed by atoms with Gasteiger partial charge in [0.2, 0.25) is 0 Å². The molecule has 0 saturated heterocycles. The number of ether oxygens (including phenoxy) is 2. The van der Waals surface area contributed by atoms with E-state index in [9.17, 15) is 9.59 Å². The van der Waals surface area contributed by atoms with E-state index in [-0.39, 0.29) is 12.2 Å². The zero-order valence-electron chi connectivity index (χ0n) is 7.46. The first kappa shape index (κ1) is 11.1. The summed E-state index contributed by atoms with van der Waals surface area (Å²) in [6.07, 6.45) is 0.535. The van der Waals surface area contributed by atoms with Gasteiger partial charge in [-0.1, -0.05) is 0 Å². The van der Waals surface area contributed by atoms with Crippen molar-refractivity contribution in [2.75, 3.05) is 20.3 Å². The van der Waals surface area contributed by atoms with Crippen molar-refractivity contribution in [2.24, 2.45) is 0 Å². The van der Waals surface area contributed by atoms with Gasteiger partial charge in [-0.15, -0.1) is 0 Å². The lowest BCUT2D eigenvalue weighted by molar-refractivity contribution is -0.146. The highest BCUT2D eigenvalue weighted by molar-refractivity contribution is 5.94. The van der Waals surface area contributed by atoms with Gasteiger partial charge in [0.05, 0.1) is 6.61 Å². The van der Waals surface area contributed by atoms with Gasteiger partial charge in [0, 0.05) is 20.1 Å². The Bertz CT molecular complexity index is 153. The smallest absolute Gasteiger partial charge is 0.313 e. The van der Waals surface area contributed by atoms with E-state index in [1.165, 1.54) is 6.92 Å². The van der Waals surface area contributed by atoms with Gasteiger partial charge in [0.15, 0.2) is 0 Å². The summed E-state index contributed by atoms with van der Waals surface area (Å²) in [5, 5.41) is 0. The zero-order valence-corrected chi connectivity index (χ0v) is 7.46. The molecule has 0 aromatic rings. The molecule has 0 aromatic heterocycles. The number of hydrogen-bond donors (Lipinski definition) is 0. The van der Waals surface area contributed by atoms with Crippen LogP contribution in [-0.2, 0) is 19.1 Å². The number of methoxy groups -OCH3 is 1. The standard InChI is InChI=1S/C8H14O4/c1-7(9)6-8(10)12-5-3-4-11-2/h3-6H2,1-2H3. The van der Waals surface area contributed by atoms with E-state index in [0.29, 0.717) is 19.6 Å². The van der Waals surface area contributed by atoms with E-state index >= 15 is 0 Å². The first-order valence-corrected chi connectivity index (χ1v) is 3.81. The number of esters is 1. The number of ketones is 1. The van der Waals surface area contributed by atoms with E-state index in [4.69, 9.17) is 9.47 Å². The maximum Gasteiger partial charge on any atom is 0.313 e. The van der Waals surface area contributed by atoms with Gasteiger partial charge in [-0.05, 0) is 6.92 Å². The van der Waals surface area contributed by atoms with Gasteiger partial charge >= 0.3 is 5.97 Å². The normalized spacial score (nSPS) is 9.50. The Hall–Kier alpha value is -0.900. The molecule has 0 heterocycles. The second-order valence-corrected chi connectivity index (χ2v) is 2.45. The molecular weight excluding hydrogens is 160 g/mol. The van der Waals surface area contributed by atoms with E-state index < -0.39 is 5.97 Å². The molecule has 0 rings (SSSR count). The topological polar surface area (TPSA) is 52.6 Å². The lowest BCUT2D eigenvalue weighted by Crippen LogP contribution is -2.10. The maximum absolute atomic E-state index is 10.7. The molecule has 0 fully saturated rings. The van der Waals surface area contributed by atoms with Crippen LogP contribution in [0.2, 0.25) is 0 Å². The average Bonchev–Trinajstić information content (AvgIpc) is 1.97. The fraction of sp³-hybridized carbons (Fsp3) is 0.750. The Balaban J connectivity index is 3.26. The number of carbonyl (C=O) groups excluding carboxylic acids is 2. The van der Waals surface area contributed by atoms with Crippen LogP contribution in [0.4, 0.5) is 0 Å². The summed E-state index contributed by atoms with van der Waals surface area (Å²) >= 11 is 0. The van der Waals surface area contributed by atoms with Crippen LogP contribution in [-0.4, -0.2) is 32.1 Å². The van der Waals surface area contributed by atoms with Crippen LogP contribution in [0.1, 0.15) is 19.8 Å². The molecule has 70 valence electrons.